The van der Waals surface area contributed by atoms with Crippen LogP contribution in [0.5, 0.6) is 0 Å². The van der Waals surface area contributed by atoms with Crippen LogP contribution in [0, 0.1) is 0 Å². The van der Waals surface area contributed by atoms with Gasteiger partial charge in [0.05, 0.1) is 18.7 Å². The fraction of sp³-hybridized carbons (Fsp3) is 0.227. The van der Waals surface area contributed by atoms with Gasteiger partial charge < -0.3 is 10.1 Å². The lowest BCUT2D eigenvalue weighted by Gasteiger charge is -2.16. The fourth-order valence-corrected chi connectivity index (χ4v) is 4.72. The highest BCUT2D eigenvalue weighted by molar-refractivity contribution is 8.01. The summed E-state index contributed by atoms with van der Waals surface area (Å²) in [5.74, 6) is -0.373. The minimum atomic E-state index is -0.429. The molecule has 1 N–H and O–H groups in total. The smallest absolute Gasteiger partial charge is 0.311 e. The number of esters is 1. The molecular formula is C22H22N2O3S2. The highest BCUT2D eigenvalue weighted by Gasteiger charge is 2.23. The third-order valence-corrected chi connectivity index (χ3v) is 6.31. The molecule has 0 aliphatic carbocycles. The molecule has 3 rings (SSSR count). The van der Waals surface area contributed by atoms with Gasteiger partial charge in [-0.3, -0.25) is 9.59 Å². The Kier molecular flexibility index (Phi) is 7.84. The number of amides is 1. The Morgan fingerprint density at radius 1 is 1.10 bits per heavy atom. The first-order valence-corrected chi connectivity index (χ1v) is 11.0. The number of nitrogens with zero attached hydrogens (tertiary/aromatic N) is 1. The first kappa shape index (κ1) is 21.1. The number of hydrogen-bond donors (Lipinski definition) is 1. The van der Waals surface area contributed by atoms with E-state index in [9.17, 15) is 9.59 Å². The highest BCUT2D eigenvalue weighted by Crippen LogP contribution is 2.37. The molecule has 1 amide bonds. The number of rotatable bonds is 9. The van der Waals surface area contributed by atoms with Crippen LogP contribution in [0.2, 0.25) is 0 Å². The average Bonchev–Trinajstić information content (AvgIpc) is 3.18. The molecule has 150 valence electrons. The highest BCUT2D eigenvalue weighted by atomic mass is 32.2. The van der Waals surface area contributed by atoms with Crippen LogP contribution in [0.25, 0.3) is 0 Å². The van der Waals surface area contributed by atoms with Crippen molar-refractivity contribution >= 4 is 35.0 Å². The maximum atomic E-state index is 13.0. The van der Waals surface area contributed by atoms with Gasteiger partial charge in [0, 0.05) is 11.9 Å². The predicted octanol–water partition coefficient (Wildman–Crippen LogP) is 4.40. The number of carbonyl (C=O) groups is 2. The van der Waals surface area contributed by atoms with Gasteiger partial charge in [-0.15, -0.1) is 11.3 Å². The lowest BCUT2D eigenvalue weighted by Crippen LogP contribution is -2.27. The number of ether oxygens (including phenoxy) is 1. The Hall–Kier alpha value is -2.64. The molecule has 0 aliphatic heterocycles. The summed E-state index contributed by atoms with van der Waals surface area (Å²) in [5.41, 5.74) is 2.61. The Morgan fingerprint density at radius 2 is 1.79 bits per heavy atom. The molecule has 0 spiro atoms. The van der Waals surface area contributed by atoms with Crippen LogP contribution < -0.4 is 5.32 Å². The van der Waals surface area contributed by atoms with E-state index >= 15 is 0 Å². The third kappa shape index (κ3) is 6.44. The summed E-state index contributed by atoms with van der Waals surface area (Å²) >= 11 is 2.82. The number of hydrogen-bond acceptors (Lipinski definition) is 6. The molecule has 5 nitrogen and oxygen atoms in total. The summed E-state index contributed by atoms with van der Waals surface area (Å²) in [4.78, 5) is 29.1. The molecule has 1 atom stereocenters. The molecule has 2 aromatic carbocycles. The SMILES string of the molecule is CCOC(=O)Cc1csc(SC(C(=O)NCc2ccccc2)c2ccccc2)n1. The lowest BCUT2D eigenvalue weighted by molar-refractivity contribution is -0.142. The summed E-state index contributed by atoms with van der Waals surface area (Å²) < 4.78 is 5.72. The number of carbonyl (C=O) groups excluding carboxylic acids is 2. The van der Waals surface area contributed by atoms with Crippen LogP contribution in [0.3, 0.4) is 0 Å². The molecule has 0 aliphatic rings. The summed E-state index contributed by atoms with van der Waals surface area (Å²) in [6.07, 6.45) is 0.140. The molecule has 7 heteroatoms. The minimum Gasteiger partial charge on any atom is -0.466 e. The van der Waals surface area contributed by atoms with Crippen molar-refractivity contribution in [3.8, 4) is 0 Å². The van der Waals surface area contributed by atoms with Gasteiger partial charge >= 0.3 is 5.97 Å². The van der Waals surface area contributed by atoms with Crippen molar-refractivity contribution in [2.45, 2.75) is 29.5 Å². The van der Waals surface area contributed by atoms with Gasteiger partial charge in [0.25, 0.3) is 0 Å². The van der Waals surface area contributed by atoms with Crippen LogP contribution in [-0.4, -0.2) is 23.5 Å². The van der Waals surface area contributed by atoms with E-state index in [0.717, 1.165) is 15.5 Å². The van der Waals surface area contributed by atoms with Gasteiger partial charge in [-0.2, -0.15) is 0 Å². The number of aromatic nitrogens is 1. The van der Waals surface area contributed by atoms with Crippen LogP contribution in [-0.2, 0) is 27.3 Å². The van der Waals surface area contributed by atoms with Gasteiger partial charge in [0.1, 0.15) is 5.25 Å². The Labute approximate surface area is 178 Å². The van der Waals surface area contributed by atoms with Gasteiger partial charge in [-0.05, 0) is 18.1 Å². The van der Waals surface area contributed by atoms with Crippen molar-refractivity contribution in [1.82, 2.24) is 10.3 Å². The fourth-order valence-electron chi connectivity index (χ4n) is 2.66. The average molecular weight is 427 g/mol. The van der Waals surface area contributed by atoms with E-state index in [2.05, 4.69) is 10.3 Å². The van der Waals surface area contributed by atoms with Gasteiger partial charge in [-0.1, -0.05) is 72.4 Å². The van der Waals surface area contributed by atoms with E-state index in [1.165, 1.54) is 23.1 Å². The topological polar surface area (TPSA) is 68.3 Å². The minimum absolute atomic E-state index is 0.0767. The van der Waals surface area contributed by atoms with E-state index < -0.39 is 5.25 Å². The number of nitrogens with one attached hydrogen (secondary N) is 1. The molecule has 1 unspecified atom stereocenters. The standard InChI is InChI=1S/C22H22N2O3S2/c1-2-27-19(25)13-18-15-28-22(24-18)29-20(17-11-7-4-8-12-17)21(26)23-14-16-9-5-3-6-10-16/h3-12,15,20H,2,13-14H2,1H3,(H,23,26). The predicted molar refractivity (Wildman–Crippen MR) is 116 cm³/mol. The van der Waals surface area contributed by atoms with Crippen molar-refractivity contribution in [1.29, 1.82) is 0 Å². The number of thioether (sulfide) groups is 1. The summed E-state index contributed by atoms with van der Waals surface area (Å²) in [5, 5.41) is 4.42. The Balaban J connectivity index is 1.70. The van der Waals surface area contributed by atoms with E-state index in [0.29, 0.717) is 18.8 Å². The molecular weight excluding hydrogens is 404 g/mol. The molecule has 1 heterocycles. The third-order valence-electron chi connectivity index (χ3n) is 4.03. The molecule has 0 bridgehead atoms. The quantitative estimate of drug-likeness (QED) is 0.406. The van der Waals surface area contributed by atoms with Gasteiger partial charge in [-0.25, -0.2) is 4.98 Å². The van der Waals surface area contributed by atoms with E-state index in [-0.39, 0.29) is 18.3 Å². The molecule has 0 radical (unpaired) electrons. The molecule has 1 aromatic heterocycles. The van der Waals surface area contributed by atoms with Gasteiger partial charge in [0.2, 0.25) is 5.91 Å². The molecule has 0 saturated heterocycles. The Bertz CT molecular complexity index is 930. The first-order valence-electron chi connectivity index (χ1n) is 9.29. The van der Waals surface area contributed by atoms with Crippen molar-refractivity contribution in [3.63, 3.8) is 0 Å². The summed E-state index contributed by atoms with van der Waals surface area (Å²) in [7, 11) is 0. The first-order chi connectivity index (χ1) is 14.2. The maximum Gasteiger partial charge on any atom is 0.311 e. The Morgan fingerprint density at radius 3 is 2.48 bits per heavy atom. The number of benzene rings is 2. The van der Waals surface area contributed by atoms with E-state index in [4.69, 9.17) is 4.74 Å². The molecule has 29 heavy (non-hydrogen) atoms. The zero-order chi connectivity index (χ0) is 20.5. The van der Waals surface area contributed by atoms with Crippen LogP contribution in [0.15, 0.2) is 70.4 Å². The molecule has 0 fully saturated rings. The van der Waals surface area contributed by atoms with Crippen molar-refractivity contribution in [2.75, 3.05) is 6.61 Å². The van der Waals surface area contributed by atoms with Crippen molar-refractivity contribution < 1.29 is 14.3 Å². The van der Waals surface area contributed by atoms with E-state index in [1.54, 1.807) is 6.92 Å². The summed E-state index contributed by atoms with van der Waals surface area (Å²) in [6.45, 7) is 2.59. The molecule has 3 aromatic rings. The number of thiazole rings is 1. The second kappa shape index (κ2) is 10.8. The normalized spacial score (nSPS) is 11.6. The second-order valence-corrected chi connectivity index (χ2v) is 8.41. The second-order valence-electron chi connectivity index (χ2n) is 6.20. The largest absolute Gasteiger partial charge is 0.466 e. The van der Waals surface area contributed by atoms with Crippen molar-refractivity contribution in [2.24, 2.45) is 0 Å². The van der Waals surface area contributed by atoms with Gasteiger partial charge in [0.15, 0.2) is 4.34 Å². The monoisotopic (exact) mass is 426 g/mol. The van der Waals surface area contributed by atoms with Crippen LogP contribution in [0.4, 0.5) is 0 Å². The molecule has 0 saturated carbocycles. The lowest BCUT2D eigenvalue weighted by atomic mass is 10.1. The zero-order valence-corrected chi connectivity index (χ0v) is 17.7. The maximum absolute atomic E-state index is 13.0. The summed E-state index contributed by atoms with van der Waals surface area (Å²) in [6, 6.07) is 19.4. The van der Waals surface area contributed by atoms with Crippen LogP contribution >= 0.6 is 23.1 Å². The van der Waals surface area contributed by atoms with Crippen molar-refractivity contribution in [3.05, 3.63) is 82.9 Å². The van der Waals surface area contributed by atoms with Crippen LogP contribution in [0.1, 0.15) is 29.0 Å². The van der Waals surface area contributed by atoms with E-state index in [1.807, 2.05) is 66.0 Å². The zero-order valence-electron chi connectivity index (χ0n) is 16.0.